The molecule has 0 aliphatic heterocycles. The Labute approximate surface area is 158 Å². The summed E-state index contributed by atoms with van der Waals surface area (Å²) in [5.41, 5.74) is 5.11. The van der Waals surface area contributed by atoms with Crippen LogP contribution in [0.4, 0.5) is 5.69 Å². The van der Waals surface area contributed by atoms with Crippen LogP contribution in [0.3, 0.4) is 0 Å². The van der Waals surface area contributed by atoms with Crippen LogP contribution in [0.15, 0.2) is 59.5 Å². The summed E-state index contributed by atoms with van der Waals surface area (Å²) in [7, 11) is 0. The molecule has 2 aromatic carbocycles. The van der Waals surface area contributed by atoms with E-state index in [2.05, 4.69) is 29.5 Å². The van der Waals surface area contributed by atoms with Gasteiger partial charge in [0.2, 0.25) is 5.91 Å². The Morgan fingerprint density at radius 1 is 1.04 bits per heavy atom. The van der Waals surface area contributed by atoms with Gasteiger partial charge < -0.3 is 5.32 Å². The quantitative estimate of drug-likeness (QED) is 0.650. The summed E-state index contributed by atoms with van der Waals surface area (Å²) in [4.78, 5) is 13.4. The molecular weight excluding hydrogens is 342 g/mol. The highest BCUT2D eigenvalue weighted by Gasteiger charge is 2.15. The van der Waals surface area contributed by atoms with Crippen LogP contribution < -0.4 is 5.32 Å². The van der Waals surface area contributed by atoms with Gasteiger partial charge in [0.05, 0.1) is 29.4 Å². The number of hydrogen-bond acceptors (Lipinski definition) is 3. The fourth-order valence-electron chi connectivity index (χ4n) is 2.82. The fourth-order valence-corrected chi connectivity index (χ4v) is 3.54. The van der Waals surface area contributed by atoms with Crippen molar-refractivity contribution < 1.29 is 4.79 Å². The summed E-state index contributed by atoms with van der Waals surface area (Å²) in [6.45, 7) is 6.73. The van der Waals surface area contributed by atoms with Gasteiger partial charge in [-0.3, -0.25) is 9.48 Å². The topological polar surface area (TPSA) is 46.9 Å². The van der Waals surface area contributed by atoms with Gasteiger partial charge in [-0.05, 0) is 44.0 Å². The van der Waals surface area contributed by atoms with E-state index in [1.165, 1.54) is 22.9 Å². The highest BCUT2D eigenvalue weighted by atomic mass is 32.2. The number of anilines is 1. The lowest BCUT2D eigenvalue weighted by molar-refractivity contribution is -0.113. The number of rotatable bonds is 6. The van der Waals surface area contributed by atoms with Crippen LogP contribution in [-0.2, 0) is 11.3 Å². The third-order valence-electron chi connectivity index (χ3n) is 4.34. The molecular formula is C21H23N3OS. The minimum absolute atomic E-state index is 0.0134. The standard InChI is InChI=1S/C21H23N3OS/c1-15-9-7-8-10-18(15)13-24-17(3)21(16(2)23-24)22-20(25)14-26-19-11-5-4-6-12-19/h4-12H,13-14H2,1-3H3,(H,22,25). The molecule has 1 N–H and O–H groups in total. The Hall–Kier alpha value is -2.53. The first-order valence-corrected chi connectivity index (χ1v) is 9.59. The van der Waals surface area contributed by atoms with E-state index in [1.54, 1.807) is 0 Å². The number of carbonyl (C=O) groups excluding carboxylic acids is 1. The Bertz CT molecular complexity index is 903. The zero-order valence-electron chi connectivity index (χ0n) is 15.3. The van der Waals surface area contributed by atoms with E-state index in [0.717, 1.165) is 22.0 Å². The van der Waals surface area contributed by atoms with Crippen molar-refractivity contribution >= 4 is 23.4 Å². The van der Waals surface area contributed by atoms with E-state index in [1.807, 2.05) is 61.0 Å². The maximum Gasteiger partial charge on any atom is 0.234 e. The van der Waals surface area contributed by atoms with Gasteiger partial charge in [-0.15, -0.1) is 11.8 Å². The molecule has 3 aromatic rings. The largest absolute Gasteiger partial charge is 0.322 e. The molecule has 1 heterocycles. The maximum absolute atomic E-state index is 12.3. The van der Waals surface area contributed by atoms with E-state index >= 15 is 0 Å². The average Bonchev–Trinajstić information content (AvgIpc) is 2.90. The monoisotopic (exact) mass is 365 g/mol. The highest BCUT2D eigenvalue weighted by molar-refractivity contribution is 8.00. The summed E-state index contributed by atoms with van der Waals surface area (Å²) in [5, 5.41) is 7.64. The molecule has 0 bridgehead atoms. The minimum atomic E-state index is -0.0134. The first-order chi connectivity index (χ1) is 12.5. The Balaban J connectivity index is 1.68. The van der Waals surface area contributed by atoms with Crippen molar-refractivity contribution in [2.24, 2.45) is 0 Å². The number of hydrogen-bond donors (Lipinski definition) is 1. The number of thioether (sulfide) groups is 1. The van der Waals surface area contributed by atoms with Crippen LogP contribution in [-0.4, -0.2) is 21.4 Å². The second-order valence-electron chi connectivity index (χ2n) is 6.28. The average molecular weight is 366 g/mol. The van der Waals surface area contributed by atoms with Crippen molar-refractivity contribution in [1.29, 1.82) is 0 Å². The molecule has 0 fully saturated rings. The zero-order chi connectivity index (χ0) is 18.5. The van der Waals surface area contributed by atoms with Crippen LogP contribution in [0.25, 0.3) is 0 Å². The molecule has 0 radical (unpaired) electrons. The molecule has 0 saturated heterocycles. The number of amides is 1. The van der Waals surface area contributed by atoms with Crippen molar-refractivity contribution in [1.82, 2.24) is 9.78 Å². The molecule has 0 aliphatic rings. The number of nitrogens with zero attached hydrogens (tertiary/aromatic N) is 2. The molecule has 0 aliphatic carbocycles. The maximum atomic E-state index is 12.3. The lowest BCUT2D eigenvalue weighted by atomic mass is 10.1. The first kappa shape index (κ1) is 18.3. The molecule has 0 unspecified atom stereocenters. The predicted molar refractivity (Wildman–Crippen MR) is 108 cm³/mol. The van der Waals surface area contributed by atoms with E-state index in [0.29, 0.717) is 12.3 Å². The summed E-state index contributed by atoms with van der Waals surface area (Å²) >= 11 is 1.53. The van der Waals surface area contributed by atoms with Gasteiger partial charge in [0.15, 0.2) is 0 Å². The molecule has 3 rings (SSSR count). The highest BCUT2D eigenvalue weighted by Crippen LogP contribution is 2.22. The number of aromatic nitrogens is 2. The smallest absolute Gasteiger partial charge is 0.234 e. The van der Waals surface area contributed by atoms with Gasteiger partial charge >= 0.3 is 0 Å². The second kappa shape index (κ2) is 8.23. The predicted octanol–water partition coefficient (Wildman–Crippen LogP) is 4.59. The molecule has 4 nitrogen and oxygen atoms in total. The molecule has 5 heteroatoms. The molecule has 134 valence electrons. The SMILES string of the molecule is Cc1ccccc1Cn1nc(C)c(NC(=O)CSc2ccccc2)c1C. The van der Waals surface area contributed by atoms with Gasteiger partial charge in [0.1, 0.15) is 0 Å². The number of nitrogens with one attached hydrogen (secondary N) is 1. The van der Waals surface area contributed by atoms with Gasteiger partial charge in [-0.2, -0.15) is 5.10 Å². The van der Waals surface area contributed by atoms with Gasteiger partial charge in [-0.25, -0.2) is 0 Å². The van der Waals surface area contributed by atoms with Crippen LogP contribution >= 0.6 is 11.8 Å². The van der Waals surface area contributed by atoms with E-state index in [4.69, 9.17) is 0 Å². The number of carbonyl (C=O) groups is 1. The zero-order valence-corrected chi connectivity index (χ0v) is 16.1. The van der Waals surface area contributed by atoms with Gasteiger partial charge in [0, 0.05) is 4.90 Å². The third kappa shape index (κ3) is 4.35. The lowest BCUT2D eigenvalue weighted by Crippen LogP contribution is -2.15. The van der Waals surface area contributed by atoms with Crippen molar-refractivity contribution in [2.45, 2.75) is 32.2 Å². The summed E-state index contributed by atoms with van der Waals surface area (Å²) < 4.78 is 1.96. The normalized spacial score (nSPS) is 10.7. The Morgan fingerprint density at radius 2 is 1.73 bits per heavy atom. The third-order valence-corrected chi connectivity index (χ3v) is 5.35. The minimum Gasteiger partial charge on any atom is -0.322 e. The number of benzene rings is 2. The second-order valence-corrected chi connectivity index (χ2v) is 7.33. The summed E-state index contributed by atoms with van der Waals surface area (Å²) in [5.74, 6) is 0.367. The fraction of sp³-hybridized carbons (Fsp3) is 0.238. The Kier molecular flexibility index (Phi) is 5.78. The lowest BCUT2D eigenvalue weighted by Gasteiger charge is -2.09. The molecule has 1 amide bonds. The van der Waals surface area contributed by atoms with E-state index < -0.39 is 0 Å². The number of aryl methyl sites for hydroxylation is 2. The Morgan fingerprint density at radius 3 is 2.46 bits per heavy atom. The van der Waals surface area contributed by atoms with E-state index in [9.17, 15) is 4.79 Å². The van der Waals surface area contributed by atoms with Crippen molar-refractivity contribution in [3.63, 3.8) is 0 Å². The summed E-state index contributed by atoms with van der Waals surface area (Å²) in [6.07, 6.45) is 0. The van der Waals surface area contributed by atoms with Crippen molar-refractivity contribution in [3.05, 3.63) is 77.1 Å². The molecule has 0 saturated carbocycles. The molecule has 1 aromatic heterocycles. The van der Waals surface area contributed by atoms with Crippen molar-refractivity contribution in [3.8, 4) is 0 Å². The van der Waals surface area contributed by atoms with Crippen molar-refractivity contribution in [2.75, 3.05) is 11.1 Å². The first-order valence-electron chi connectivity index (χ1n) is 8.61. The van der Waals surface area contributed by atoms with Gasteiger partial charge in [0.25, 0.3) is 0 Å². The van der Waals surface area contributed by atoms with Crippen LogP contribution in [0, 0.1) is 20.8 Å². The molecule has 26 heavy (non-hydrogen) atoms. The molecule has 0 atom stereocenters. The molecule has 0 spiro atoms. The van der Waals surface area contributed by atoms with Crippen LogP contribution in [0.5, 0.6) is 0 Å². The van der Waals surface area contributed by atoms with Crippen LogP contribution in [0.2, 0.25) is 0 Å². The van der Waals surface area contributed by atoms with E-state index in [-0.39, 0.29) is 5.91 Å². The summed E-state index contributed by atoms with van der Waals surface area (Å²) in [6, 6.07) is 18.2. The van der Waals surface area contributed by atoms with Crippen LogP contribution in [0.1, 0.15) is 22.5 Å². The van der Waals surface area contributed by atoms with Gasteiger partial charge in [-0.1, -0.05) is 42.5 Å².